The predicted octanol–water partition coefficient (Wildman–Crippen LogP) is 7.39. The molecule has 5 rings (SSSR count). The highest BCUT2D eigenvalue weighted by Crippen LogP contribution is 2.44. The van der Waals surface area contributed by atoms with Crippen LogP contribution < -0.4 is 10.2 Å². The first-order valence-electron chi connectivity index (χ1n) is 10.7. The van der Waals surface area contributed by atoms with E-state index >= 15 is 0 Å². The molecule has 0 aliphatic carbocycles. The van der Waals surface area contributed by atoms with E-state index in [0.29, 0.717) is 20.9 Å². The number of nitrogens with zero attached hydrogens (tertiary/aromatic N) is 2. The molecule has 0 saturated carbocycles. The molecular formula is C26H21Cl2N3OS. The van der Waals surface area contributed by atoms with Gasteiger partial charge in [0.1, 0.15) is 17.6 Å². The molecular weight excluding hydrogens is 473 g/mol. The number of hydrogen-bond acceptors (Lipinski definition) is 3. The monoisotopic (exact) mass is 493 g/mol. The molecule has 0 amide bonds. The zero-order valence-corrected chi connectivity index (χ0v) is 20.2. The predicted molar refractivity (Wildman–Crippen MR) is 138 cm³/mol. The number of halogens is 2. The number of nitrogens with one attached hydrogen (secondary N) is 1. The van der Waals surface area contributed by atoms with E-state index in [1.165, 1.54) is 5.56 Å². The van der Waals surface area contributed by atoms with Crippen LogP contribution in [0.2, 0.25) is 10.0 Å². The average Bonchev–Trinajstić information content (AvgIpc) is 3.46. The Morgan fingerprint density at radius 2 is 1.82 bits per heavy atom. The number of rotatable bonds is 5. The van der Waals surface area contributed by atoms with Crippen LogP contribution in [-0.2, 0) is 6.42 Å². The Hall–Kier alpha value is -2.86. The molecule has 1 N–H and O–H groups in total. The number of furan rings is 1. The maximum Gasteiger partial charge on any atom is 0.174 e. The normalized spacial score (nSPS) is 17.9. The minimum atomic E-state index is -0.230. The molecule has 0 unspecified atom stereocenters. The standard InChI is InChI=1S/C26H21Cl2N3OS/c1-2-16-9-11-17(12-10-16)31-25(24(30-26(31)33)20-8-3-4-15-29-20)22-14-13-21(32-22)18-6-5-7-19(27)23(18)28/h3-15,24-25H,2H2,1H3,(H,30,33)/t24-,25-/m1/s1. The largest absolute Gasteiger partial charge is 0.459 e. The summed E-state index contributed by atoms with van der Waals surface area (Å²) in [5.41, 5.74) is 3.89. The Bertz CT molecular complexity index is 1290. The first kappa shape index (κ1) is 22.0. The van der Waals surface area contributed by atoms with E-state index in [1.807, 2.05) is 42.5 Å². The molecule has 2 atom stereocenters. The SMILES string of the molecule is CCc1ccc(N2C(=S)N[C@H](c3ccccn3)[C@H]2c2ccc(-c3cccc(Cl)c3Cl)o2)cc1. The van der Waals surface area contributed by atoms with Crippen molar-refractivity contribution in [3.05, 3.63) is 106 Å². The van der Waals surface area contributed by atoms with E-state index in [9.17, 15) is 0 Å². The summed E-state index contributed by atoms with van der Waals surface area (Å²) in [5, 5.41) is 5.03. The van der Waals surface area contributed by atoms with Crippen molar-refractivity contribution in [2.75, 3.05) is 4.90 Å². The van der Waals surface area contributed by atoms with Crippen LogP contribution in [-0.4, -0.2) is 10.1 Å². The summed E-state index contributed by atoms with van der Waals surface area (Å²) in [4.78, 5) is 6.68. The lowest BCUT2D eigenvalue weighted by molar-refractivity contribution is 0.439. The molecule has 1 aliphatic rings. The van der Waals surface area contributed by atoms with Crippen LogP contribution in [0.4, 0.5) is 5.69 Å². The van der Waals surface area contributed by atoms with Crippen LogP contribution in [0.3, 0.4) is 0 Å². The number of thiocarbonyl (C=S) groups is 1. The zero-order chi connectivity index (χ0) is 22.9. The molecule has 2 aromatic heterocycles. The fourth-order valence-electron chi connectivity index (χ4n) is 4.16. The van der Waals surface area contributed by atoms with Gasteiger partial charge in [-0.15, -0.1) is 0 Å². The number of hydrogen-bond donors (Lipinski definition) is 1. The first-order chi connectivity index (χ1) is 16.1. The third-order valence-electron chi connectivity index (χ3n) is 5.86. The third kappa shape index (κ3) is 4.12. The summed E-state index contributed by atoms with van der Waals surface area (Å²) in [5.74, 6) is 1.40. The Balaban J connectivity index is 1.60. The first-order valence-corrected chi connectivity index (χ1v) is 11.9. The molecule has 166 valence electrons. The van der Waals surface area contributed by atoms with Gasteiger partial charge in [-0.3, -0.25) is 4.98 Å². The maximum atomic E-state index is 6.45. The van der Waals surface area contributed by atoms with Crippen molar-refractivity contribution < 1.29 is 4.42 Å². The number of aromatic nitrogens is 1. The van der Waals surface area contributed by atoms with Gasteiger partial charge in [-0.2, -0.15) is 0 Å². The lowest BCUT2D eigenvalue weighted by atomic mass is 10.0. The van der Waals surface area contributed by atoms with E-state index in [1.54, 1.807) is 12.3 Å². The molecule has 1 aliphatic heterocycles. The molecule has 4 nitrogen and oxygen atoms in total. The Labute approximate surface area is 208 Å². The van der Waals surface area contributed by atoms with Gasteiger partial charge in [0.15, 0.2) is 5.11 Å². The van der Waals surface area contributed by atoms with Gasteiger partial charge in [0.05, 0.1) is 21.8 Å². The summed E-state index contributed by atoms with van der Waals surface area (Å²) in [6, 6.07) is 23.3. The minimum Gasteiger partial charge on any atom is -0.459 e. The zero-order valence-electron chi connectivity index (χ0n) is 17.8. The van der Waals surface area contributed by atoms with E-state index in [0.717, 1.165) is 29.1 Å². The summed E-state index contributed by atoms with van der Waals surface area (Å²) in [6.07, 6.45) is 2.76. The maximum absolute atomic E-state index is 6.45. The van der Waals surface area contributed by atoms with Crippen LogP contribution in [0.5, 0.6) is 0 Å². The van der Waals surface area contributed by atoms with Gasteiger partial charge >= 0.3 is 0 Å². The number of pyridine rings is 1. The summed E-state index contributed by atoms with van der Waals surface area (Å²) >= 11 is 18.5. The van der Waals surface area contributed by atoms with Gasteiger partial charge in [-0.1, -0.05) is 54.4 Å². The van der Waals surface area contributed by atoms with Crippen LogP contribution in [0.1, 0.15) is 36.0 Å². The Kier molecular flexibility index (Phi) is 6.11. The smallest absolute Gasteiger partial charge is 0.174 e. The molecule has 0 radical (unpaired) electrons. The third-order valence-corrected chi connectivity index (χ3v) is 6.99. The lowest BCUT2D eigenvalue weighted by Gasteiger charge is -2.26. The van der Waals surface area contributed by atoms with Gasteiger partial charge < -0.3 is 14.6 Å². The second-order valence-corrected chi connectivity index (χ2v) is 8.99. The summed E-state index contributed by atoms with van der Waals surface area (Å²) in [7, 11) is 0. The molecule has 3 heterocycles. The van der Waals surface area contributed by atoms with E-state index < -0.39 is 0 Å². The molecule has 2 aromatic carbocycles. The Morgan fingerprint density at radius 3 is 2.55 bits per heavy atom. The van der Waals surface area contributed by atoms with Crippen LogP contribution in [0.15, 0.2) is 83.4 Å². The van der Waals surface area contributed by atoms with Crippen molar-refractivity contribution in [1.82, 2.24) is 10.3 Å². The van der Waals surface area contributed by atoms with Crippen molar-refractivity contribution in [1.29, 1.82) is 0 Å². The van der Waals surface area contributed by atoms with Crippen molar-refractivity contribution in [3.8, 4) is 11.3 Å². The number of anilines is 1. The topological polar surface area (TPSA) is 41.3 Å². The van der Waals surface area contributed by atoms with Crippen LogP contribution >= 0.6 is 35.4 Å². The molecule has 0 spiro atoms. The average molecular weight is 494 g/mol. The molecule has 33 heavy (non-hydrogen) atoms. The fourth-order valence-corrected chi connectivity index (χ4v) is 4.90. The molecule has 4 aromatic rings. The van der Waals surface area contributed by atoms with Crippen LogP contribution in [0, 0.1) is 0 Å². The van der Waals surface area contributed by atoms with Gasteiger partial charge in [0, 0.05) is 17.4 Å². The molecule has 1 saturated heterocycles. The second kappa shape index (κ2) is 9.18. The number of benzene rings is 2. The van der Waals surface area contributed by atoms with E-state index in [4.69, 9.17) is 39.8 Å². The van der Waals surface area contributed by atoms with Gasteiger partial charge in [-0.25, -0.2) is 0 Å². The van der Waals surface area contributed by atoms with Crippen LogP contribution in [0.25, 0.3) is 11.3 Å². The van der Waals surface area contributed by atoms with Crippen molar-refractivity contribution >= 4 is 46.2 Å². The van der Waals surface area contributed by atoms with E-state index in [-0.39, 0.29) is 12.1 Å². The number of aryl methyl sites for hydroxylation is 1. The quantitative estimate of drug-likeness (QED) is 0.293. The van der Waals surface area contributed by atoms with Crippen molar-refractivity contribution in [2.24, 2.45) is 0 Å². The van der Waals surface area contributed by atoms with E-state index in [2.05, 4.69) is 46.4 Å². The molecule has 0 bridgehead atoms. The van der Waals surface area contributed by atoms with Gasteiger partial charge in [0.2, 0.25) is 0 Å². The molecule has 7 heteroatoms. The minimum absolute atomic E-state index is 0.182. The lowest BCUT2D eigenvalue weighted by Crippen LogP contribution is -2.29. The molecule has 1 fully saturated rings. The van der Waals surface area contributed by atoms with Crippen molar-refractivity contribution in [2.45, 2.75) is 25.4 Å². The summed E-state index contributed by atoms with van der Waals surface area (Å²) in [6.45, 7) is 2.14. The van der Waals surface area contributed by atoms with Crippen molar-refractivity contribution in [3.63, 3.8) is 0 Å². The van der Waals surface area contributed by atoms with Gasteiger partial charge in [-0.05, 0) is 72.7 Å². The second-order valence-electron chi connectivity index (χ2n) is 7.82. The summed E-state index contributed by atoms with van der Waals surface area (Å²) < 4.78 is 6.37. The fraction of sp³-hybridized carbons (Fsp3) is 0.154. The van der Waals surface area contributed by atoms with Gasteiger partial charge in [0.25, 0.3) is 0 Å². The Morgan fingerprint density at radius 1 is 1.00 bits per heavy atom. The highest BCUT2D eigenvalue weighted by molar-refractivity contribution is 7.80. The highest BCUT2D eigenvalue weighted by Gasteiger charge is 2.42. The highest BCUT2D eigenvalue weighted by atomic mass is 35.5.